The van der Waals surface area contributed by atoms with Gasteiger partial charge in [-0.1, -0.05) is 38.8 Å². The third-order valence-electron chi connectivity index (χ3n) is 6.28. The molecule has 1 heterocycles. The lowest BCUT2D eigenvalue weighted by Gasteiger charge is -2.39. The summed E-state index contributed by atoms with van der Waals surface area (Å²) in [6.07, 6.45) is 3.25. The Hall–Kier alpha value is -2.97. The quantitative estimate of drug-likeness (QED) is 0.432. The summed E-state index contributed by atoms with van der Waals surface area (Å²) in [5.41, 5.74) is -0.212. The molecule has 1 aromatic carbocycles. The molecule has 9 heteroatoms. The number of hydrogen-bond acceptors (Lipinski definition) is 6. The van der Waals surface area contributed by atoms with Gasteiger partial charge in [0.15, 0.2) is 6.61 Å². The number of amides is 2. The molecular weight excluding hydrogens is 390 g/mol. The van der Waals surface area contributed by atoms with Crippen LogP contribution in [0.3, 0.4) is 0 Å². The van der Waals surface area contributed by atoms with Crippen LogP contribution in [0.5, 0.6) is 0 Å². The van der Waals surface area contributed by atoms with Crippen molar-refractivity contribution in [2.45, 2.75) is 45.6 Å². The molecule has 2 fully saturated rings. The maximum Gasteiger partial charge on any atom is 0.311 e. The monoisotopic (exact) mass is 417 g/mol. The van der Waals surface area contributed by atoms with Gasteiger partial charge in [0.1, 0.15) is 5.69 Å². The first-order valence-corrected chi connectivity index (χ1v) is 10.3. The Kier molecular flexibility index (Phi) is 6.69. The lowest BCUT2D eigenvalue weighted by molar-refractivity contribution is -0.383. The summed E-state index contributed by atoms with van der Waals surface area (Å²) in [5, 5.41) is 13.4. The zero-order valence-corrected chi connectivity index (χ0v) is 17.2. The van der Waals surface area contributed by atoms with Crippen molar-refractivity contribution in [2.75, 3.05) is 18.5 Å². The van der Waals surface area contributed by atoms with Crippen LogP contribution >= 0.6 is 0 Å². The highest BCUT2D eigenvalue weighted by molar-refractivity contribution is 5.95. The molecule has 1 saturated heterocycles. The van der Waals surface area contributed by atoms with Crippen LogP contribution in [0.15, 0.2) is 24.3 Å². The molecule has 3 rings (SSSR count). The average molecular weight is 417 g/mol. The molecule has 1 aromatic rings. The molecule has 1 N–H and O–H groups in total. The standard InChI is InChI=1S/C21H27N3O6/c1-13-6-5-9-17(14(13)2)23-11-15(10-20(23)26)21(27)30-12-19(25)22-16-7-3-4-8-18(16)24(28)29/h3-4,7-8,13-15,17H,5-6,9-12H2,1-2H3,(H,22,25)/t13-,14-,15-,17-/m1/s1. The van der Waals surface area contributed by atoms with E-state index in [4.69, 9.17) is 4.74 Å². The maximum atomic E-state index is 12.5. The number of esters is 1. The van der Waals surface area contributed by atoms with Gasteiger partial charge in [-0.05, 0) is 24.3 Å². The zero-order valence-electron chi connectivity index (χ0n) is 17.2. The second kappa shape index (κ2) is 9.23. The lowest BCUT2D eigenvalue weighted by Crippen LogP contribution is -2.45. The minimum atomic E-state index is -0.673. The third-order valence-corrected chi connectivity index (χ3v) is 6.28. The Bertz CT molecular complexity index is 842. The highest BCUT2D eigenvalue weighted by atomic mass is 16.6. The Morgan fingerprint density at radius 2 is 2.00 bits per heavy atom. The molecule has 1 saturated carbocycles. The van der Waals surface area contributed by atoms with Gasteiger partial charge in [0.25, 0.3) is 11.6 Å². The Morgan fingerprint density at radius 1 is 1.27 bits per heavy atom. The average Bonchev–Trinajstić information content (AvgIpc) is 3.10. The largest absolute Gasteiger partial charge is 0.455 e. The predicted molar refractivity (Wildman–Crippen MR) is 108 cm³/mol. The normalized spacial score (nSPS) is 26.3. The fraction of sp³-hybridized carbons (Fsp3) is 0.571. The van der Waals surface area contributed by atoms with E-state index in [9.17, 15) is 24.5 Å². The van der Waals surface area contributed by atoms with Crippen LogP contribution in [0.25, 0.3) is 0 Å². The molecule has 30 heavy (non-hydrogen) atoms. The number of benzene rings is 1. The van der Waals surface area contributed by atoms with Crippen molar-refractivity contribution in [1.82, 2.24) is 4.90 Å². The smallest absolute Gasteiger partial charge is 0.311 e. The van der Waals surface area contributed by atoms with Crippen LogP contribution in [-0.2, 0) is 19.1 Å². The molecular formula is C21H27N3O6. The molecule has 0 unspecified atom stereocenters. The Balaban J connectivity index is 1.52. The molecule has 2 amide bonds. The first-order valence-electron chi connectivity index (χ1n) is 10.3. The Labute approximate surface area is 174 Å². The molecule has 9 nitrogen and oxygen atoms in total. The molecule has 1 aliphatic carbocycles. The predicted octanol–water partition coefficient (Wildman–Crippen LogP) is 2.75. The number of para-hydroxylation sites is 2. The van der Waals surface area contributed by atoms with Crippen LogP contribution in [0.4, 0.5) is 11.4 Å². The van der Waals surface area contributed by atoms with Crippen molar-refractivity contribution in [3.8, 4) is 0 Å². The van der Waals surface area contributed by atoms with E-state index < -0.39 is 29.3 Å². The van der Waals surface area contributed by atoms with E-state index in [1.54, 1.807) is 11.0 Å². The minimum Gasteiger partial charge on any atom is -0.455 e. The van der Waals surface area contributed by atoms with E-state index in [0.717, 1.165) is 19.3 Å². The van der Waals surface area contributed by atoms with Gasteiger partial charge in [0, 0.05) is 25.1 Å². The van der Waals surface area contributed by atoms with Gasteiger partial charge in [0.2, 0.25) is 5.91 Å². The number of nitro groups is 1. The molecule has 0 radical (unpaired) electrons. The second-order valence-electron chi connectivity index (χ2n) is 8.21. The molecule has 1 aliphatic heterocycles. The number of nitrogens with zero attached hydrogens (tertiary/aromatic N) is 2. The van der Waals surface area contributed by atoms with Gasteiger partial charge in [-0.2, -0.15) is 0 Å². The number of hydrogen-bond donors (Lipinski definition) is 1. The van der Waals surface area contributed by atoms with E-state index in [2.05, 4.69) is 19.2 Å². The molecule has 162 valence electrons. The lowest BCUT2D eigenvalue weighted by atomic mass is 9.77. The summed E-state index contributed by atoms with van der Waals surface area (Å²) in [6.45, 7) is 4.09. The van der Waals surface area contributed by atoms with Crippen LogP contribution < -0.4 is 5.32 Å². The van der Waals surface area contributed by atoms with Gasteiger partial charge in [-0.25, -0.2) is 0 Å². The van der Waals surface area contributed by atoms with Gasteiger partial charge in [-0.15, -0.1) is 0 Å². The molecule has 0 bridgehead atoms. The van der Waals surface area contributed by atoms with Gasteiger partial charge < -0.3 is 15.0 Å². The van der Waals surface area contributed by atoms with Crippen molar-refractivity contribution in [1.29, 1.82) is 0 Å². The second-order valence-corrected chi connectivity index (χ2v) is 8.21. The number of rotatable bonds is 6. The summed E-state index contributed by atoms with van der Waals surface area (Å²) < 4.78 is 5.09. The molecule has 4 atom stereocenters. The SMILES string of the molecule is C[C@@H]1[C@H](C)CCC[C@H]1N1C[C@H](C(=O)OCC(=O)Nc2ccccc2[N+](=O)[O-])CC1=O. The third kappa shape index (κ3) is 4.77. The van der Waals surface area contributed by atoms with Crippen LogP contribution in [0, 0.1) is 27.9 Å². The van der Waals surface area contributed by atoms with Crippen molar-refractivity contribution in [2.24, 2.45) is 17.8 Å². The summed E-state index contributed by atoms with van der Waals surface area (Å²) in [4.78, 5) is 49.2. The number of ether oxygens (including phenoxy) is 1. The van der Waals surface area contributed by atoms with Crippen LogP contribution in [-0.4, -0.2) is 46.8 Å². The number of carbonyl (C=O) groups excluding carboxylic acids is 3. The number of nitrogens with one attached hydrogen (secondary N) is 1. The molecule has 0 aromatic heterocycles. The van der Waals surface area contributed by atoms with Gasteiger partial charge in [0.05, 0.1) is 10.8 Å². The van der Waals surface area contributed by atoms with Crippen LogP contribution in [0.1, 0.15) is 39.5 Å². The fourth-order valence-electron chi connectivity index (χ4n) is 4.38. The number of carbonyl (C=O) groups is 3. The van der Waals surface area contributed by atoms with E-state index in [1.165, 1.54) is 18.2 Å². The minimum absolute atomic E-state index is 0.0335. The van der Waals surface area contributed by atoms with Gasteiger partial charge in [-0.3, -0.25) is 24.5 Å². The highest BCUT2D eigenvalue weighted by Crippen LogP contribution is 2.36. The van der Waals surface area contributed by atoms with E-state index in [1.807, 2.05) is 0 Å². The number of likely N-dealkylation sites (tertiary alicyclic amines) is 1. The molecule has 2 aliphatic rings. The maximum absolute atomic E-state index is 12.5. The van der Waals surface area contributed by atoms with E-state index in [-0.39, 0.29) is 29.7 Å². The summed E-state index contributed by atoms with van der Waals surface area (Å²) in [6, 6.07) is 5.86. The van der Waals surface area contributed by atoms with Crippen molar-refractivity contribution in [3.05, 3.63) is 34.4 Å². The number of nitro benzene ring substituents is 1. The van der Waals surface area contributed by atoms with Crippen molar-refractivity contribution in [3.63, 3.8) is 0 Å². The summed E-state index contributed by atoms with van der Waals surface area (Å²) in [7, 11) is 0. The van der Waals surface area contributed by atoms with Gasteiger partial charge >= 0.3 is 5.97 Å². The first-order chi connectivity index (χ1) is 14.3. The van der Waals surface area contributed by atoms with E-state index in [0.29, 0.717) is 18.4 Å². The fourth-order valence-corrected chi connectivity index (χ4v) is 4.38. The molecule has 0 spiro atoms. The van der Waals surface area contributed by atoms with Crippen molar-refractivity contribution < 1.29 is 24.0 Å². The highest BCUT2D eigenvalue weighted by Gasteiger charge is 2.42. The topological polar surface area (TPSA) is 119 Å². The summed E-state index contributed by atoms with van der Waals surface area (Å²) >= 11 is 0. The Morgan fingerprint density at radius 3 is 2.73 bits per heavy atom. The first kappa shape index (κ1) is 21.7. The van der Waals surface area contributed by atoms with Crippen molar-refractivity contribution >= 4 is 29.2 Å². The van der Waals surface area contributed by atoms with E-state index >= 15 is 0 Å². The van der Waals surface area contributed by atoms with Crippen LogP contribution in [0.2, 0.25) is 0 Å². The zero-order chi connectivity index (χ0) is 21.8. The number of anilines is 1. The summed E-state index contributed by atoms with van der Waals surface area (Å²) in [5.74, 6) is -1.00.